The predicted octanol–water partition coefficient (Wildman–Crippen LogP) is -1.50. The minimum atomic E-state index is -5.20. The number of benzene rings is 1. The lowest BCUT2D eigenvalue weighted by molar-refractivity contribution is -0.239. The summed E-state index contributed by atoms with van der Waals surface area (Å²) in [5.41, 5.74) is 0. The Morgan fingerprint density at radius 1 is 1.30 bits per heavy atom. The van der Waals surface area contributed by atoms with Gasteiger partial charge >= 0.3 is 0 Å². The molecular weight excluding hydrogens is 386 g/mol. The summed E-state index contributed by atoms with van der Waals surface area (Å²) in [7, 11) is -3.72. The first kappa shape index (κ1) is 21.3. The van der Waals surface area contributed by atoms with Gasteiger partial charge in [0.25, 0.3) is 0 Å². The van der Waals surface area contributed by atoms with Crippen molar-refractivity contribution in [2.45, 2.75) is 37.6 Å². The van der Waals surface area contributed by atoms with Crippen LogP contribution in [0.1, 0.15) is 6.92 Å². The van der Waals surface area contributed by atoms with Crippen LogP contribution in [0.3, 0.4) is 0 Å². The molecular formula is C15H20NO10S-. The van der Waals surface area contributed by atoms with E-state index in [0.717, 1.165) is 6.92 Å². The molecule has 0 saturated carbocycles. The number of aliphatic hydroxyl groups excluding tert-OH is 2. The molecule has 1 aliphatic heterocycles. The van der Waals surface area contributed by atoms with Crippen LogP contribution in [0.25, 0.3) is 0 Å². The number of rotatable bonds is 7. The van der Waals surface area contributed by atoms with Crippen LogP contribution >= 0.6 is 0 Å². The van der Waals surface area contributed by atoms with E-state index in [9.17, 15) is 28.0 Å². The molecule has 1 heterocycles. The third-order valence-electron chi connectivity index (χ3n) is 3.76. The monoisotopic (exact) mass is 406 g/mol. The zero-order chi connectivity index (χ0) is 20.2. The Morgan fingerprint density at radius 2 is 1.89 bits per heavy atom. The van der Waals surface area contributed by atoms with Crippen LogP contribution < -0.4 is 14.8 Å². The van der Waals surface area contributed by atoms with Gasteiger partial charge in [-0.15, -0.1) is 0 Å². The van der Waals surface area contributed by atoms with Crippen molar-refractivity contribution in [1.29, 1.82) is 0 Å². The van der Waals surface area contributed by atoms with E-state index in [1.165, 1.54) is 19.2 Å². The molecule has 11 nitrogen and oxygen atoms in total. The molecule has 1 amide bonds. The smallest absolute Gasteiger partial charge is 0.223 e. The fourth-order valence-corrected chi connectivity index (χ4v) is 3.11. The second-order valence-corrected chi connectivity index (χ2v) is 6.71. The number of aliphatic hydroxyl groups is 2. The van der Waals surface area contributed by atoms with Crippen LogP contribution in [0.15, 0.2) is 24.3 Å². The highest BCUT2D eigenvalue weighted by atomic mass is 32.3. The normalized spacial score (nSPS) is 28.4. The van der Waals surface area contributed by atoms with Crippen LogP contribution in [0.2, 0.25) is 0 Å². The van der Waals surface area contributed by atoms with Crippen molar-refractivity contribution >= 4 is 16.3 Å². The van der Waals surface area contributed by atoms with Gasteiger partial charge in [0, 0.05) is 6.92 Å². The largest absolute Gasteiger partial charge is 0.726 e. The first-order valence-electron chi connectivity index (χ1n) is 7.81. The van der Waals surface area contributed by atoms with E-state index in [1.807, 2.05) is 0 Å². The summed E-state index contributed by atoms with van der Waals surface area (Å²) in [6.07, 6.45) is -6.14. The maximum atomic E-state index is 11.5. The van der Waals surface area contributed by atoms with Crippen LogP contribution in [-0.4, -0.2) is 73.5 Å². The highest BCUT2D eigenvalue weighted by Crippen LogP contribution is 2.27. The Morgan fingerprint density at radius 3 is 2.37 bits per heavy atom. The molecule has 12 heteroatoms. The van der Waals surface area contributed by atoms with Crippen molar-refractivity contribution in [1.82, 2.24) is 5.32 Å². The van der Waals surface area contributed by atoms with Gasteiger partial charge in [-0.25, -0.2) is 8.42 Å². The fourth-order valence-electron chi connectivity index (χ4n) is 2.60. The maximum Gasteiger partial charge on any atom is 0.223 e. The third-order valence-corrected chi connectivity index (χ3v) is 4.22. The minimum Gasteiger partial charge on any atom is -0.726 e. The molecule has 1 fully saturated rings. The van der Waals surface area contributed by atoms with Gasteiger partial charge in [0.15, 0.2) is 0 Å². The fraction of sp³-hybridized carbons (Fsp3) is 0.533. The maximum absolute atomic E-state index is 11.5. The summed E-state index contributed by atoms with van der Waals surface area (Å²) in [5, 5.41) is 22.2. The van der Waals surface area contributed by atoms with Gasteiger partial charge in [-0.1, -0.05) is 0 Å². The number of carbonyl (C=O) groups is 1. The van der Waals surface area contributed by atoms with Crippen LogP contribution in [0.5, 0.6) is 11.5 Å². The number of ether oxygens (including phenoxy) is 3. The van der Waals surface area contributed by atoms with E-state index >= 15 is 0 Å². The molecule has 2 rings (SSSR count). The molecule has 27 heavy (non-hydrogen) atoms. The standard InChI is InChI=1S/C15H21NO10S/c1-8(18)16-12-13(19)14(26-27(20,21)22)11(7-17)25-15(12)24-10-5-3-9(23-2)4-6-10/h3-6,11-15,17,19H,7H2,1-2H3,(H,16,18)(H,20,21,22)/p-1/t11?,12?,13-,14+,15?/m1/s1. The van der Waals surface area contributed by atoms with Gasteiger partial charge in [-0.2, -0.15) is 0 Å². The number of nitrogens with one attached hydrogen (secondary N) is 1. The lowest BCUT2D eigenvalue weighted by Crippen LogP contribution is -2.66. The molecule has 0 radical (unpaired) electrons. The first-order valence-corrected chi connectivity index (χ1v) is 9.14. The second kappa shape index (κ2) is 8.82. The van der Waals surface area contributed by atoms with E-state index in [4.69, 9.17) is 14.2 Å². The van der Waals surface area contributed by atoms with Gasteiger partial charge in [0.2, 0.25) is 22.6 Å². The van der Waals surface area contributed by atoms with Crippen LogP contribution in [0.4, 0.5) is 0 Å². The Labute approximate surface area is 155 Å². The van der Waals surface area contributed by atoms with E-state index in [2.05, 4.69) is 9.50 Å². The number of amides is 1. The zero-order valence-corrected chi connectivity index (χ0v) is 15.3. The van der Waals surface area contributed by atoms with E-state index < -0.39 is 53.6 Å². The van der Waals surface area contributed by atoms with Crippen molar-refractivity contribution in [3.63, 3.8) is 0 Å². The van der Waals surface area contributed by atoms with E-state index in [-0.39, 0.29) is 5.75 Å². The topological polar surface area (TPSA) is 164 Å². The predicted molar refractivity (Wildman–Crippen MR) is 87.6 cm³/mol. The number of methoxy groups -OCH3 is 1. The molecule has 152 valence electrons. The van der Waals surface area contributed by atoms with Crippen molar-refractivity contribution in [3.8, 4) is 11.5 Å². The molecule has 0 aliphatic carbocycles. The number of hydrogen-bond donors (Lipinski definition) is 3. The summed E-state index contributed by atoms with van der Waals surface area (Å²) in [5.74, 6) is 0.278. The second-order valence-electron chi connectivity index (χ2n) is 5.70. The average molecular weight is 406 g/mol. The van der Waals surface area contributed by atoms with Gasteiger partial charge in [0.1, 0.15) is 35.9 Å². The Balaban J connectivity index is 2.26. The number of hydrogen-bond acceptors (Lipinski definition) is 10. The lowest BCUT2D eigenvalue weighted by atomic mass is 9.97. The molecule has 1 aliphatic rings. The molecule has 0 aromatic heterocycles. The number of carbonyl (C=O) groups excluding carboxylic acids is 1. The summed E-state index contributed by atoms with van der Waals surface area (Å²) < 4.78 is 53.1. The SMILES string of the molecule is COc1ccc(OC2OC(CO)[C@H](OS(=O)(=O)[O-])[C@H](O)C2NC(C)=O)cc1. The van der Waals surface area contributed by atoms with Crippen molar-refractivity contribution in [2.75, 3.05) is 13.7 Å². The molecule has 0 spiro atoms. The Bertz CT molecular complexity index is 737. The molecule has 1 saturated heterocycles. The summed E-state index contributed by atoms with van der Waals surface area (Å²) in [4.78, 5) is 11.5. The lowest BCUT2D eigenvalue weighted by Gasteiger charge is -2.43. The van der Waals surface area contributed by atoms with E-state index in [0.29, 0.717) is 5.75 Å². The quantitative estimate of drug-likeness (QED) is 0.359. The molecule has 3 N–H and O–H groups in total. The zero-order valence-electron chi connectivity index (χ0n) is 14.5. The Hall–Kier alpha value is -1.96. The molecule has 3 unspecified atom stereocenters. The molecule has 1 aromatic rings. The molecule has 1 aromatic carbocycles. The summed E-state index contributed by atoms with van der Waals surface area (Å²) in [6, 6.07) is 5.00. The van der Waals surface area contributed by atoms with Crippen LogP contribution in [0, 0.1) is 0 Å². The highest BCUT2D eigenvalue weighted by Gasteiger charge is 2.48. The minimum absolute atomic E-state index is 0.288. The summed E-state index contributed by atoms with van der Waals surface area (Å²) >= 11 is 0. The molecule has 0 bridgehead atoms. The first-order chi connectivity index (χ1) is 12.6. The highest BCUT2D eigenvalue weighted by molar-refractivity contribution is 7.80. The van der Waals surface area contributed by atoms with Crippen molar-refractivity contribution in [3.05, 3.63) is 24.3 Å². The van der Waals surface area contributed by atoms with E-state index in [1.54, 1.807) is 12.1 Å². The van der Waals surface area contributed by atoms with Crippen molar-refractivity contribution < 1.29 is 46.4 Å². The summed E-state index contributed by atoms with van der Waals surface area (Å²) in [6.45, 7) is 0.391. The van der Waals surface area contributed by atoms with Crippen molar-refractivity contribution in [2.24, 2.45) is 0 Å². The van der Waals surface area contributed by atoms with Gasteiger partial charge < -0.3 is 34.3 Å². The Kier molecular flexibility index (Phi) is 6.97. The molecule has 5 atom stereocenters. The third kappa shape index (κ3) is 5.76. The van der Waals surface area contributed by atoms with Crippen LogP contribution in [-0.2, 0) is 24.1 Å². The van der Waals surface area contributed by atoms with Gasteiger partial charge in [-0.05, 0) is 24.3 Å². The van der Waals surface area contributed by atoms with Gasteiger partial charge in [0.05, 0.1) is 13.7 Å². The van der Waals surface area contributed by atoms with Gasteiger partial charge in [-0.3, -0.25) is 8.98 Å². The average Bonchev–Trinajstić information content (AvgIpc) is 2.59.